The van der Waals surface area contributed by atoms with E-state index in [9.17, 15) is 28.1 Å². The summed E-state index contributed by atoms with van der Waals surface area (Å²) in [6, 6.07) is 7.23. The molecule has 9 heteroatoms. The van der Waals surface area contributed by atoms with Gasteiger partial charge in [-0.1, -0.05) is 12.1 Å². The van der Waals surface area contributed by atoms with Crippen molar-refractivity contribution in [2.45, 2.75) is 45.5 Å². The Morgan fingerprint density at radius 2 is 1.73 bits per heavy atom. The number of hydrogen-bond acceptors (Lipinski definition) is 4. The third-order valence-corrected chi connectivity index (χ3v) is 4.70. The SMILES string of the molecule is CC(C)(C)OC(=O)N1CCc2cc([N+](=O)[O-])c(-c3ccc(C(F)(F)F)cc3)cc2C1. The zero-order valence-electron chi connectivity index (χ0n) is 16.7. The maximum atomic E-state index is 12.8. The van der Waals surface area contributed by atoms with Crippen molar-refractivity contribution in [2.24, 2.45) is 0 Å². The predicted molar refractivity (Wildman–Crippen MR) is 104 cm³/mol. The van der Waals surface area contributed by atoms with Gasteiger partial charge in [0.05, 0.1) is 16.1 Å². The molecule has 0 bridgehead atoms. The van der Waals surface area contributed by atoms with Gasteiger partial charge in [-0.05, 0) is 62.1 Å². The Balaban J connectivity index is 1.97. The summed E-state index contributed by atoms with van der Waals surface area (Å²) in [5, 5.41) is 11.6. The van der Waals surface area contributed by atoms with Crippen LogP contribution in [-0.4, -0.2) is 28.1 Å². The van der Waals surface area contributed by atoms with Gasteiger partial charge < -0.3 is 9.64 Å². The Hall–Kier alpha value is -3.10. The Morgan fingerprint density at radius 3 is 2.27 bits per heavy atom. The summed E-state index contributed by atoms with van der Waals surface area (Å²) in [6.45, 7) is 5.84. The van der Waals surface area contributed by atoms with Crippen LogP contribution in [0.1, 0.15) is 37.5 Å². The lowest BCUT2D eigenvalue weighted by Gasteiger charge is -2.31. The minimum atomic E-state index is -4.49. The van der Waals surface area contributed by atoms with E-state index in [1.165, 1.54) is 23.1 Å². The quantitative estimate of drug-likeness (QED) is 0.468. The third kappa shape index (κ3) is 4.72. The zero-order chi connectivity index (χ0) is 22.3. The number of alkyl halides is 3. The average molecular weight is 422 g/mol. The molecule has 30 heavy (non-hydrogen) atoms. The van der Waals surface area contributed by atoms with E-state index in [0.29, 0.717) is 24.1 Å². The van der Waals surface area contributed by atoms with Crippen LogP contribution in [0.25, 0.3) is 11.1 Å². The van der Waals surface area contributed by atoms with E-state index < -0.39 is 28.4 Å². The predicted octanol–water partition coefficient (Wildman–Crippen LogP) is 5.57. The molecule has 1 heterocycles. The Morgan fingerprint density at radius 1 is 1.10 bits per heavy atom. The second-order valence-corrected chi connectivity index (χ2v) is 8.12. The number of halogens is 3. The van der Waals surface area contributed by atoms with E-state index in [1.54, 1.807) is 26.8 Å². The van der Waals surface area contributed by atoms with Gasteiger partial charge in [0, 0.05) is 19.2 Å². The summed E-state index contributed by atoms with van der Waals surface area (Å²) in [5.74, 6) is 0. The zero-order valence-corrected chi connectivity index (χ0v) is 16.7. The lowest BCUT2D eigenvalue weighted by atomic mass is 9.93. The van der Waals surface area contributed by atoms with Gasteiger partial charge in [-0.25, -0.2) is 4.79 Å². The molecule has 1 amide bonds. The standard InChI is InChI=1S/C21H21F3N2O4/c1-20(2,3)30-19(27)25-9-8-14-11-18(26(28)29)17(10-15(14)12-25)13-4-6-16(7-5-13)21(22,23)24/h4-7,10-11H,8-9,12H2,1-3H3. The highest BCUT2D eigenvalue weighted by Gasteiger charge is 2.31. The van der Waals surface area contributed by atoms with Crippen molar-refractivity contribution in [2.75, 3.05) is 6.54 Å². The smallest absolute Gasteiger partial charge is 0.416 e. The molecule has 1 aliphatic rings. The molecule has 3 rings (SSSR count). The van der Waals surface area contributed by atoms with Crippen LogP contribution in [0.2, 0.25) is 0 Å². The van der Waals surface area contributed by atoms with Crippen LogP contribution in [0.15, 0.2) is 36.4 Å². The molecule has 0 saturated heterocycles. The Labute approximate surface area is 171 Å². The molecule has 1 aliphatic heterocycles. The summed E-state index contributed by atoms with van der Waals surface area (Å²) in [7, 11) is 0. The van der Waals surface area contributed by atoms with Crippen LogP contribution in [0.3, 0.4) is 0 Å². The number of benzene rings is 2. The number of amides is 1. The van der Waals surface area contributed by atoms with Gasteiger partial charge in [-0.15, -0.1) is 0 Å². The summed E-state index contributed by atoms with van der Waals surface area (Å²) in [5.41, 5.74) is 0.274. The van der Waals surface area contributed by atoms with Gasteiger partial charge in [-0.3, -0.25) is 10.1 Å². The fourth-order valence-electron chi connectivity index (χ4n) is 3.30. The third-order valence-electron chi connectivity index (χ3n) is 4.70. The summed E-state index contributed by atoms with van der Waals surface area (Å²) >= 11 is 0. The van der Waals surface area contributed by atoms with Crippen LogP contribution in [0, 0.1) is 10.1 Å². The summed E-state index contributed by atoms with van der Waals surface area (Å²) in [4.78, 5) is 24.9. The first-order valence-electron chi connectivity index (χ1n) is 9.31. The van der Waals surface area contributed by atoms with Gasteiger partial charge in [0.25, 0.3) is 5.69 Å². The molecule has 0 saturated carbocycles. The molecule has 0 N–H and O–H groups in total. The monoisotopic (exact) mass is 422 g/mol. The minimum Gasteiger partial charge on any atom is -0.444 e. The maximum absolute atomic E-state index is 12.8. The number of carbonyl (C=O) groups is 1. The molecule has 2 aromatic rings. The normalized spacial score (nSPS) is 14.3. The largest absolute Gasteiger partial charge is 0.444 e. The molecule has 0 unspecified atom stereocenters. The van der Waals surface area contributed by atoms with Gasteiger partial charge in [0.1, 0.15) is 5.60 Å². The van der Waals surface area contributed by atoms with Crippen LogP contribution in [0.5, 0.6) is 0 Å². The van der Waals surface area contributed by atoms with Crippen molar-refractivity contribution in [3.05, 3.63) is 63.2 Å². The average Bonchev–Trinajstić information content (AvgIpc) is 2.64. The Bertz CT molecular complexity index is 979. The van der Waals surface area contributed by atoms with Crippen molar-refractivity contribution < 1.29 is 27.6 Å². The van der Waals surface area contributed by atoms with Crippen LogP contribution >= 0.6 is 0 Å². The summed E-state index contributed by atoms with van der Waals surface area (Å²) < 4.78 is 43.9. The molecule has 0 aliphatic carbocycles. The fourth-order valence-corrected chi connectivity index (χ4v) is 3.30. The molecule has 6 nitrogen and oxygen atoms in total. The van der Waals surface area contributed by atoms with Crippen LogP contribution in [0.4, 0.5) is 23.7 Å². The second-order valence-electron chi connectivity index (χ2n) is 8.12. The number of carbonyl (C=O) groups excluding carboxylic acids is 1. The Kier molecular flexibility index (Phi) is 5.49. The molecule has 160 valence electrons. The number of rotatable bonds is 2. The minimum absolute atomic E-state index is 0.181. The van der Waals surface area contributed by atoms with Crippen molar-refractivity contribution in [1.29, 1.82) is 0 Å². The molecule has 0 aromatic heterocycles. The lowest BCUT2D eigenvalue weighted by Crippen LogP contribution is -2.39. The van der Waals surface area contributed by atoms with Gasteiger partial charge in [0.2, 0.25) is 0 Å². The number of fused-ring (bicyclic) bond motifs is 1. The van der Waals surface area contributed by atoms with E-state index in [-0.39, 0.29) is 17.8 Å². The van der Waals surface area contributed by atoms with Crippen molar-refractivity contribution in [3.8, 4) is 11.1 Å². The highest BCUT2D eigenvalue weighted by atomic mass is 19.4. The van der Waals surface area contributed by atoms with Crippen molar-refractivity contribution in [1.82, 2.24) is 4.90 Å². The maximum Gasteiger partial charge on any atom is 0.416 e. The topological polar surface area (TPSA) is 72.7 Å². The van der Waals surface area contributed by atoms with Gasteiger partial charge >= 0.3 is 12.3 Å². The number of ether oxygens (including phenoxy) is 1. The molecule has 2 aromatic carbocycles. The van der Waals surface area contributed by atoms with Crippen LogP contribution < -0.4 is 0 Å². The van der Waals surface area contributed by atoms with Crippen molar-refractivity contribution >= 4 is 11.8 Å². The molecular formula is C21H21F3N2O4. The second kappa shape index (κ2) is 7.62. The van der Waals surface area contributed by atoms with Gasteiger partial charge in [0.15, 0.2) is 0 Å². The number of nitro groups is 1. The van der Waals surface area contributed by atoms with E-state index in [4.69, 9.17) is 4.74 Å². The lowest BCUT2D eigenvalue weighted by molar-refractivity contribution is -0.384. The summed E-state index contributed by atoms with van der Waals surface area (Å²) in [6.07, 6.45) is -4.56. The van der Waals surface area contributed by atoms with Crippen molar-refractivity contribution in [3.63, 3.8) is 0 Å². The first kappa shape index (κ1) is 21.6. The fraction of sp³-hybridized carbons (Fsp3) is 0.381. The van der Waals surface area contributed by atoms with E-state index in [0.717, 1.165) is 17.7 Å². The molecule has 0 fully saturated rings. The first-order valence-corrected chi connectivity index (χ1v) is 9.31. The number of nitro benzene ring substituents is 1. The van der Waals surface area contributed by atoms with Crippen LogP contribution in [-0.2, 0) is 23.9 Å². The number of nitrogens with zero attached hydrogens (tertiary/aromatic N) is 2. The van der Waals surface area contributed by atoms with Gasteiger partial charge in [-0.2, -0.15) is 13.2 Å². The molecular weight excluding hydrogens is 401 g/mol. The number of hydrogen-bond donors (Lipinski definition) is 0. The molecule has 0 spiro atoms. The highest BCUT2D eigenvalue weighted by molar-refractivity contribution is 5.76. The molecule has 0 radical (unpaired) electrons. The van der Waals surface area contributed by atoms with E-state index >= 15 is 0 Å². The van der Waals surface area contributed by atoms with E-state index in [2.05, 4.69) is 0 Å². The highest BCUT2D eigenvalue weighted by Crippen LogP contribution is 2.37. The molecule has 0 atom stereocenters. The first-order chi connectivity index (χ1) is 13.8. The van der Waals surface area contributed by atoms with E-state index in [1.807, 2.05) is 0 Å².